The lowest BCUT2D eigenvalue weighted by molar-refractivity contribution is -0.140. The Morgan fingerprint density at radius 1 is 1.14 bits per heavy atom. The number of aromatic nitrogens is 2. The van der Waals surface area contributed by atoms with Crippen molar-refractivity contribution in [1.29, 1.82) is 0 Å². The molecule has 0 saturated carbocycles. The molecule has 1 saturated heterocycles. The zero-order valence-corrected chi connectivity index (χ0v) is 16.7. The van der Waals surface area contributed by atoms with E-state index in [0.29, 0.717) is 23.7 Å². The molecule has 0 aliphatic carbocycles. The van der Waals surface area contributed by atoms with Crippen LogP contribution in [-0.4, -0.2) is 45.2 Å². The van der Waals surface area contributed by atoms with Crippen molar-refractivity contribution in [2.24, 2.45) is 0 Å². The van der Waals surface area contributed by atoms with Crippen molar-refractivity contribution >= 4 is 22.6 Å². The number of ether oxygens (including phenoxy) is 1. The number of aryl methyl sites for hydroxylation is 1. The van der Waals surface area contributed by atoms with Crippen molar-refractivity contribution in [3.63, 3.8) is 0 Å². The van der Waals surface area contributed by atoms with Gasteiger partial charge < -0.3 is 9.64 Å². The van der Waals surface area contributed by atoms with E-state index >= 15 is 0 Å². The normalized spacial score (nSPS) is 19.6. The number of carbonyl (C=O) groups excluding carboxylic acids is 2. The summed E-state index contributed by atoms with van der Waals surface area (Å²) in [5, 5.41) is 5.08. The first kappa shape index (κ1) is 20.0. The van der Waals surface area contributed by atoms with Crippen molar-refractivity contribution < 1.29 is 14.3 Å². The van der Waals surface area contributed by atoms with Crippen molar-refractivity contribution in [3.05, 3.63) is 40.3 Å². The molecular formula is C21H27N3O4. The van der Waals surface area contributed by atoms with Gasteiger partial charge in [-0.05, 0) is 45.6 Å². The van der Waals surface area contributed by atoms with Crippen LogP contribution in [0.4, 0.5) is 0 Å². The van der Waals surface area contributed by atoms with Crippen LogP contribution in [0.2, 0.25) is 0 Å². The quantitative estimate of drug-likeness (QED) is 0.739. The molecule has 1 aromatic carbocycles. The number of fused-ring (bicyclic) bond motifs is 1. The average Bonchev–Trinajstić information content (AvgIpc) is 2.68. The number of piperidine rings is 1. The molecule has 150 valence electrons. The summed E-state index contributed by atoms with van der Waals surface area (Å²) in [6.45, 7) is 6.05. The van der Waals surface area contributed by atoms with Gasteiger partial charge in [-0.15, -0.1) is 0 Å². The van der Waals surface area contributed by atoms with E-state index in [1.807, 2.05) is 20.8 Å². The number of hydrogen-bond acceptors (Lipinski definition) is 5. The molecule has 1 fully saturated rings. The van der Waals surface area contributed by atoms with E-state index in [-0.39, 0.29) is 35.9 Å². The van der Waals surface area contributed by atoms with Gasteiger partial charge in [-0.3, -0.25) is 9.59 Å². The van der Waals surface area contributed by atoms with E-state index in [2.05, 4.69) is 5.10 Å². The molecule has 2 aromatic rings. The third kappa shape index (κ3) is 3.93. The highest BCUT2D eigenvalue weighted by molar-refractivity contribution is 6.02. The van der Waals surface area contributed by atoms with Crippen LogP contribution in [0.15, 0.2) is 29.1 Å². The van der Waals surface area contributed by atoms with Gasteiger partial charge in [0.25, 0.3) is 11.5 Å². The first-order valence-corrected chi connectivity index (χ1v) is 9.92. The number of carbonyl (C=O) groups is 2. The maximum absolute atomic E-state index is 12.7. The summed E-state index contributed by atoms with van der Waals surface area (Å²) in [6, 6.07) is 7.11. The topological polar surface area (TPSA) is 81.5 Å². The number of rotatable bonds is 5. The summed E-state index contributed by atoms with van der Waals surface area (Å²) in [5.41, 5.74) is -0.169. The predicted molar refractivity (Wildman–Crippen MR) is 106 cm³/mol. The number of amides is 1. The molecule has 1 aromatic heterocycles. The first-order chi connectivity index (χ1) is 13.4. The summed E-state index contributed by atoms with van der Waals surface area (Å²) in [7, 11) is 0. The lowest BCUT2D eigenvalue weighted by Gasteiger charge is -2.38. The molecule has 0 N–H and O–H groups in total. The third-order valence-corrected chi connectivity index (χ3v) is 5.30. The number of likely N-dealkylation sites (tertiary alicyclic amines) is 1. The third-order valence-electron chi connectivity index (χ3n) is 5.30. The lowest BCUT2D eigenvalue weighted by atomic mass is 9.97. The van der Waals surface area contributed by atoms with Gasteiger partial charge in [0.15, 0.2) is 12.3 Å². The molecule has 2 heterocycles. The predicted octanol–water partition coefficient (Wildman–Crippen LogP) is 2.75. The molecule has 0 spiro atoms. The van der Waals surface area contributed by atoms with Crippen LogP contribution in [0.5, 0.6) is 0 Å². The highest BCUT2D eigenvalue weighted by atomic mass is 16.5. The average molecular weight is 385 g/mol. The zero-order chi connectivity index (χ0) is 20.3. The Morgan fingerprint density at radius 3 is 2.43 bits per heavy atom. The Balaban J connectivity index is 1.82. The molecule has 0 bridgehead atoms. The Bertz CT molecular complexity index is 927. The SMILES string of the molecule is CCCn1nc(C(=O)OCC(=O)N2[C@@H](C)CCC[C@@H]2C)c2ccccc2c1=O. The summed E-state index contributed by atoms with van der Waals surface area (Å²) in [5.74, 6) is -0.883. The van der Waals surface area contributed by atoms with E-state index in [1.165, 1.54) is 4.68 Å². The number of benzene rings is 1. The van der Waals surface area contributed by atoms with Gasteiger partial charge >= 0.3 is 5.97 Å². The van der Waals surface area contributed by atoms with Crippen molar-refractivity contribution in [3.8, 4) is 0 Å². The number of esters is 1. The molecule has 2 atom stereocenters. The zero-order valence-electron chi connectivity index (χ0n) is 16.7. The Kier molecular flexibility index (Phi) is 6.11. The second-order valence-electron chi connectivity index (χ2n) is 7.43. The van der Waals surface area contributed by atoms with E-state index in [9.17, 15) is 14.4 Å². The van der Waals surface area contributed by atoms with Crippen LogP contribution in [0.3, 0.4) is 0 Å². The van der Waals surface area contributed by atoms with Gasteiger partial charge in [-0.2, -0.15) is 5.10 Å². The highest BCUT2D eigenvalue weighted by Crippen LogP contribution is 2.22. The standard InChI is InChI=1S/C21H27N3O4/c1-4-12-23-20(26)17-11-6-5-10-16(17)19(22-23)21(27)28-13-18(25)24-14(2)8-7-9-15(24)3/h5-6,10-11,14-15H,4,7-9,12-13H2,1-3H3/t14-,15-/m0/s1. The maximum atomic E-state index is 12.7. The highest BCUT2D eigenvalue weighted by Gasteiger charge is 2.30. The summed E-state index contributed by atoms with van der Waals surface area (Å²) < 4.78 is 6.60. The molecule has 1 amide bonds. The largest absolute Gasteiger partial charge is 0.451 e. The fourth-order valence-corrected chi connectivity index (χ4v) is 3.93. The van der Waals surface area contributed by atoms with Gasteiger partial charge in [-0.1, -0.05) is 25.1 Å². The monoisotopic (exact) mass is 385 g/mol. The number of nitrogens with zero attached hydrogens (tertiary/aromatic N) is 3. The van der Waals surface area contributed by atoms with Gasteiger partial charge in [-0.25, -0.2) is 9.48 Å². The van der Waals surface area contributed by atoms with Crippen LogP contribution < -0.4 is 5.56 Å². The minimum Gasteiger partial charge on any atom is -0.451 e. The molecule has 7 nitrogen and oxygen atoms in total. The minimum atomic E-state index is -0.688. The van der Waals surface area contributed by atoms with Crippen LogP contribution >= 0.6 is 0 Å². The second kappa shape index (κ2) is 8.54. The van der Waals surface area contributed by atoms with Gasteiger partial charge in [0.05, 0.1) is 5.39 Å². The Morgan fingerprint density at radius 2 is 1.79 bits per heavy atom. The smallest absolute Gasteiger partial charge is 0.359 e. The van der Waals surface area contributed by atoms with E-state index in [4.69, 9.17) is 4.74 Å². The minimum absolute atomic E-state index is 0.0659. The number of hydrogen-bond donors (Lipinski definition) is 0. The van der Waals surface area contributed by atoms with Crippen LogP contribution in [0.25, 0.3) is 10.8 Å². The Labute approximate surface area is 164 Å². The molecule has 1 aliphatic rings. The molecule has 7 heteroatoms. The van der Waals surface area contributed by atoms with E-state index in [0.717, 1.165) is 19.3 Å². The molecule has 1 aliphatic heterocycles. The molecule has 28 heavy (non-hydrogen) atoms. The molecule has 0 radical (unpaired) electrons. The second-order valence-corrected chi connectivity index (χ2v) is 7.43. The van der Waals surface area contributed by atoms with Gasteiger partial charge in [0.1, 0.15) is 0 Å². The van der Waals surface area contributed by atoms with Crippen molar-refractivity contribution in [2.75, 3.05) is 6.61 Å². The molecular weight excluding hydrogens is 358 g/mol. The van der Waals surface area contributed by atoms with E-state index < -0.39 is 5.97 Å². The summed E-state index contributed by atoms with van der Waals surface area (Å²) >= 11 is 0. The van der Waals surface area contributed by atoms with Gasteiger partial charge in [0.2, 0.25) is 0 Å². The lowest BCUT2D eigenvalue weighted by Crippen LogP contribution is -2.49. The van der Waals surface area contributed by atoms with Crippen LogP contribution in [-0.2, 0) is 16.1 Å². The summed E-state index contributed by atoms with van der Waals surface area (Å²) in [4.78, 5) is 39.7. The first-order valence-electron chi connectivity index (χ1n) is 9.92. The van der Waals surface area contributed by atoms with Crippen LogP contribution in [0.1, 0.15) is 56.9 Å². The van der Waals surface area contributed by atoms with Gasteiger partial charge in [0, 0.05) is 24.0 Å². The van der Waals surface area contributed by atoms with E-state index in [1.54, 1.807) is 29.2 Å². The fraction of sp³-hybridized carbons (Fsp3) is 0.524. The Hall–Kier alpha value is -2.70. The fourth-order valence-electron chi connectivity index (χ4n) is 3.93. The molecule has 3 rings (SSSR count). The van der Waals surface area contributed by atoms with Crippen molar-refractivity contribution in [2.45, 2.75) is 65.1 Å². The summed E-state index contributed by atoms with van der Waals surface area (Å²) in [6.07, 6.45) is 3.72. The van der Waals surface area contributed by atoms with Crippen molar-refractivity contribution in [1.82, 2.24) is 14.7 Å². The van der Waals surface area contributed by atoms with Crippen LogP contribution in [0, 0.1) is 0 Å². The molecule has 0 unspecified atom stereocenters. The maximum Gasteiger partial charge on any atom is 0.359 e.